The Bertz CT molecular complexity index is 486. The Morgan fingerprint density at radius 3 is 2.55 bits per heavy atom. The second-order valence-electron chi connectivity index (χ2n) is 5.09. The minimum Gasteiger partial charge on any atom is -0.335 e. The molecule has 1 heterocycles. The second kappa shape index (κ2) is 7.78. The van der Waals surface area contributed by atoms with Gasteiger partial charge in [-0.05, 0) is 38.8 Å². The lowest BCUT2D eigenvalue weighted by Gasteiger charge is -2.16. The van der Waals surface area contributed by atoms with Crippen LogP contribution in [0.4, 0.5) is 4.79 Å². The Hall–Kier alpha value is -0.880. The van der Waals surface area contributed by atoms with Gasteiger partial charge < -0.3 is 10.6 Å². The lowest BCUT2D eigenvalue weighted by atomic mass is 10.2. The molecule has 0 aliphatic rings. The van der Waals surface area contributed by atoms with Crippen molar-refractivity contribution in [3.05, 3.63) is 21.4 Å². The summed E-state index contributed by atoms with van der Waals surface area (Å²) in [6, 6.07) is 1.82. The average molecular weight is 316 g/mol. The highest BCUT2D eigenvalue weighted by atomic mass is 32.2. The standard InChI is InChI=1S/C14H24N2O2S2/c1-6-12-9(2)7-13(19-12)11(4)16-14(17)15-10(3)8-20(5)18/h7,10-11H,6,8H2,1-5H3,(H2,15,16,17)/t10-,11+,20+/m1/s1. The summed E-state index contributed by atoms with van der Waals surface area (Å²) in [6.45, 7) is 8.08. The van der Waals surface area contributed by atoms with Gasteiger partial charge >= 0.3 is 6.03 Å². The number of carbonyl (C=O) groups excluding carboxylic acids is 1. The molecule has 114 valence electrons. The van der Waals surface area contributed by atoms with Crippen LogP contribution in [-0.2, 0) is 17.2 Å². The van der Waals surface area contributed by atoms with Crippen LogP contribution in [0.2, 0.25) is 0 Å². The first-order valence-electron chi connectivity index (χ1n) is 6.79. The van der Waals surface area contributed by atoms with Gasteiger partial charge in [0.2, 0.25) is 0 Å². The SMILES string of the molecule is CCc1sc([C@H](C)NC(=O)N[C@H](C)C[S@](C)=O)cc1C. The molecule has 0 bridgehead atoms. The van der Waals surface area contributed by atoms with Gasteiger partial charge in [0.05, 0.1) is 6.04 Å². The van der Waals surface area contributed by atoms with Crippen molar-refractivity contribution < 1.29 is 9.00 Å². The molecule has 2 N–H and O–H groups in total. The van der Waals surface area contributed by atoms with Crippen molar-refractivity contribution in [1.82, 2.24) is 10.6 Å². The van der Waals surface area contributed by atoms with Gasteiger partial charge in [-0.25, -0.2) is 4.79 Å². The summed E-state index contributed by atoms with van der Waals surface area (Å²) in [6.07, 6.45) is 2.66. The van der Waals surface area contributed by atoms with E-state index in [4.69, 9.17) is 0 Å². The summed E-state index contributed by atoms with van der Waals surface area (Å²) in [5, 5.41) is 5.74. The van der Waals surface area contributed by atoms with Crippen LogP contribution in [0.25, 0.3) is 0 Å². The van der Waals surface area contributed by atoms with E-state index in [-0.39, 0.29) is 18.1 Å². The molecule has 1 rings (SSSR count). The van der Waals surface area contributed by atoms with Crippen molar-refractivity contribution in [2.45, 2.75) is 46.2 Å². The fraction of sp³-hybridized carbons (Fsp3) is 0.643. The normalized spacial score (nSPS) is 15.4. The van der Waals surface area contributed by atoms with Gasteiger partial charge in [0.1, 0.15) is 0 Å². The maximum Gasteiger partial charge on any atom is 0.315 e. The van der Waals surface area contributed by atoms with E-state index < -0.39 is 10.8 Å². The molecule has 0 radical (unpaired) electrons. The van der Waals surface area contributed by atoms with Crippen LogP contribution in [0.5, 0.6) is 0 Å². The number of hydrogen-bond donors (Lipinski definition) is 2. The highest BCUT2D eigenvalue weighted by Gasteiger charge is 2.15. The molecule has 1 aromatic heterocycles. The smallest absolute Gasteiger partial charge is 0.315 e. The largest absolute Gasteiger partial charge is 0.335 e. The van der Waals surface area contributed by atoms with Crippen LogP contribution in [0.3, 0.4) is 0 Å². The molecule has 0 spiro atoms. The first-order valence-corrected chi connectivity index (χ1v) is 9.34. The maximum absolute atomic E-state index is 11.9. The number of thiophene rings is 1. The number of amides is 2. The Morgan fingerprint density at radius 1 is 1.40 bits per heavy atom. The van der Waals surface area contributed by atoms with E-state index >= 15 is 0 Å². The Kier molecular flexibility index (Phi) is 6.68. The van der Waals surface area contributed by atoms with Crippen molar-refractivity contribution >= 4 is 28.2 Å². The molecule has 2 amide bonds. The number of nitrogens with one attached hydrogen (secondary N) is 2. The Labute approximate surface area is 127 Å². The summed E-state index contributed by atoms with van der Waals surface area (Å²) in [5.41, 5.74) is 1.29. The summed E-state index contributed by atoms with van der Waals surface area (Å²) in [4.78, 5) is 14.4. The van der Waals surface area contributed by atoms with Gasteiger partial charge in [0.15, 0.2) is 0 Å². The first kappa shape index (κ1) is 17.2. The van der Waals surface area contributed by atoms with Crippen LogP contribution < -0.4 is 10.6 Å². The van der Waals surface area contributed by atoms with E-state index in [1.54, 1.807) is 17.6 Å². The quantitative estimate of drug-likeness (QED) is 0.848. The van der Waals surface area contributed by atoms with E-state index in [0.717, 1.165) is 6.42 Å². The molecule has 6 heteroatoms. The molecule has 3 atom stereocenters. The molecular formula is C14H24N2O2S2. The number of rotatable bonds is 6. The third kappa shape index (κ3) is 5.25. The van der Waals surface area contributed by atoms with Crippen molar-refractivity contribution in [3.63, 3.8) is 0 Å². The van der Waals surface area contributed by atoms with Crippen molar-refractivity contribution in [2.75, 3.05) is 12.0 Å². The third-order valence-corrected chi connectivity index (χ3v) is 5.53. The predicted molar refractivity (Wildman–Crippen MR) is 86.9 cm³/mol. The van der Waals surface area contributed by atoms with Crippen molar-refractivity contribution in [1.29, 1.82) is 0 Å². The van der Waals surface area contributed by atoms with E-state index in [2.05, 4.69) is 30.5 Å². The molecule has 0 aromatic carbocycles. The molecule has 4 nitrogen and oxygen atoms in total. The number of aryl methyl sites for hydroxylation is 2. The van der Waals surface area contributed by atoms with Gasteiger partial charge in [-0.2, -0.15) is 0 Å². The van der Waals surface area contributed by atoms with Crippen LogP contribution >= 0.6 is 11.3 Å². The zero-order valence-electron chi connectivity index (χ0n) is 12.8. The molecular weight excluding hydrogens is 292 g/mol. The highest BCUT2D eigenvalue weighted by Crippen LogP contribution is 2.27. The van der Waals surface area contributed by atoms with Gasteiger partial charge in [-0.1, -0.05) is 6.92 Å². The summed E-state index contributed by atoms with van der Waals surface area (Å²) < 4.78 is 11.1. The molecule has 0 saturated carbocycles. The molecule has 20 heavy (non-hydrogen) atoms. The number of carbonyl (C=O) groups is 1. The van der Waals surface area contributed by atoms with Crippen molar-refractivity contribution in [2.24, 2.45) is 0 Å². The third-order valence-electron chi connectivity index (χ3n) is 3.00. The van der Waals surface area contributed by atoms with Gasteiger partial charge in [0, 0.05) is 38.6 Å². The first-order chi connectivity index (χ1) is 9.33. The van der Waals surface area contributed by atoms with Gasteiger partial charge in [-0.3, -0.25) is 4.21 Å². The fourth-order valence-corrected chi connectivity index (χ4v) is 3.95. The second-order valence-corrected chi connectivity index (χ2v) is 7.74. The zero-order valence-corrected chi connectivity index (χ0v) is 14.4. The Balaban J connectivity index is 2.54. The summed E-state index contributed by atoms with van der Waals surface area (Å²) in [7, 11) is -0.902. The van der Waals surface area contributed by atoms with Crippen molar-refractivity contribution in [3.8, 4) is 0 Å². The average Bonchev–Trinajstić information content (AvgIpc) is 2.68. The van der Waals surface area contributed by atoms with Crippen LogP contribution in [0, 0.1) is 6.92 Å². The monoisotopic (exact) mass is 316 g/mol. The topological polar surface area (TPSA) is 58.2 Å². The molecule has 0 aliphatic heterocycles. The number of urea groups is 1. The highest BCUT2D eigenvalue weighted by molar-refractivity contribution is 7.84. The molecule has 0 aliphatic carbocycles. The zero-order chi connectivity index (χ0) is 15.3. The lowest BCUT2D eigenvalue weighted by molar-refractivity contribution is 0.236. The predicted octanol–water partition coefficient (Wildman–Crippen LogP) is 2.75. The van der Waals surface area contributed by atoms with Crippen LogP contribution in [0.1, 0.15) is 42.1 Å². The lowest BCUT2D eigenvalue weighted by Crippen LogP contribution is -2.43. The van der Waals surface area contributed by atoms with Gasteiger partial charge in [-0.15, -0.1) is 11.3 Å². The van der Waals surface area contributed by atoms with Crippen LogP contribution in [0.15, 0.2) is 6.07 Å². The Morgan fingerprint density at radius 2 is 2.05 bits per heavy atom. The summed E-state index contributed by atoms with van der Waals surface area (Å²) >= 11 is 1.75. The minimum absolute atomic E-state index is 0.0154. The van der Waals surface area contributed by atoms with E-state index in [1.807, 2.05) is 13.8 Å². The van der Waals surface area contributed by atoms with Crippen LogP contribution in [-0.4, -0.2) is 28.3 Å². The molecule has 0 fully saturated rings. The van der Waals surface area contributed by atoms with E-state index in [1.165, 1.54) is 15.3 Å². The fourth-order valence-electron chi connectivity index (χ4n) is 2.04. The van der Waals surface area contributed by atoms with E-state index in [9.17, 15) is 9.00 Å². The van der Waals surface area contributed by atoms with E-state index in [0.29, 0.717) is 5.75 Å². The number of hydrogen-bond acceptors (Lipinski definition) is 3. The molecule has 1 aromatic rings. The summed E-state index contributed by atoms with van der Waals surface area (Å²) in [5.74, 6) is 0.472. The molecule has 0 unspecified atom stereocenters. The van der Waals surface area contributed by atoms with Gasteiger partial charge in [0.25, 0.3) is 0 Å². The maximum atomic E-state index is 11.9. The molecule has 0 saturated heterocycles. The minimum atomic E-state index is -0.902.